The number of carbonyl (C=O) groups is 2. The van der Waals surface area contributed by atoms with Gasteiger partial charge in [0.2, 0.25) is 5.91 Å². The van der Waals surface area contributed by atoms with Gasteiger partial charge in [0.1, 0.15) is 0 Å². The van der Waals surface area contributed by atoms with Crippen molar-refractivity contribution in [1.29, 1.82) is 0 Å². The normalized spacial score (nSPS) is 19.0. The van der Waals surface area contributed by atoms with E-state index in [-0.39, 0.29) is 11.9 Å². The Balaban J connectivity index is 2.20. The van der Waals surface area contributed by atoms with Crippen molar-refractivity contribution in [2.75, 3.05) is 13.1 Å². The van der Waals surface area contributed by atoms with Gasteiger partial charge in [0.15, 0.2) is 6.04 Å². The molecule has 114 valence electrons. The van der Waals surface area contributed by atoms with Gasteiger partial charge in [0, 0.05) is 19.0 Å². The standard InChI is InChI=1S/C16H22N2O3/c1-3-17-11(2)10-14(19)18-9-8-12-6-4-5-7-13(12)15(18)16(20)21/h4-7,11,15,17H,3,8-10H2,1-2H3,(H,20,21). The summed E-state index contributed by atoms with van der Waals surface area (Å²) in [6.07, 6.45) is 1.03. The molecule has 0 radical (unpaired) electrons. The number of hydrogen-bond acceptors (Lipinski definition) is 3. The van der Waals surface area contributed by atoms with Gasteiger partial charge in [-0.25, -0.2) is 4.79 Å². The second kappa shape index (κ2) is 6.72. The van der Waals surface area contributed by atoms with Gasteiger partial charge >= 0.3 is 5.97 Å². The Morgan fingerprint density at radius 3 is 2.81 bits per heavy atom. The molecular formula is C16H22N2O3. The van der Waals surface area contributed by atoms with Crippen molar-refractivity contribution in [2.45, 2.75) is 38.8 Å². The molecule has 1 aromatic carbocycles. The smallest absolute Gasteiger partial charge is 0.331 e. The van der Waals surface area contributed by atoms with Crippen LogP contribution < -0.4 is 5.32 Å². The monoisotopic (exact) mass is 290 g/mol. The van der Waals surface area contributed by atoms with Gasteiger partial charge in [-0.3, -0.25) is 4.79 Å². The lowest BCUT2D eigenvalue weighted by Gasteiger charge is -2.35. The first-order valence-corrected chi connectivity index (χ1v) is 7.38. The highest BCUT2D eigenvalue weighted by atomic mass is 16.4. The van der Waals surface area contributed by atoms with E-state index in [4.69, 9.17) is 0 Å². The molecule has 0 aliphatic carbocycles. The fourth-order valence-electron chi connectivity index (χ4n) is 2.90. The molecule has 1 amide bonds. The van der Waals surface area contributed by atoms with Gasteiger partial charge in [-0.1, -0.05) is 31.2 Å². The van der Waals surface area contributed by atoms with E-state index in [1.54, 1.807) is 6.07 Å². The maximum Gasteiger partial charge on any atom is 0.331 e. The Morgan fingerprint density at radius 1 is 1.43 bits per heavy atom. The molecule has 1 aliphatic rings. The molecule has 0 saturated carbocycles. The van der Waals surface area contributed by atoms with Gasteiger partial charge < -0.3 is 15.3 Å². The number of carboxylic acids is 1. The van der Waals surface area contributed by atoms with E-state index in [1.807, 2.05) is 32.0 Å². The van der Waals surface area contributed by atoms with Crippen molar-refractivity contribution in [3.8, 4) is 0 Å². The molecule has 0 saturated heterocycles. The summed E-state index contributed by atoms with van der Waals surface area (Å²) in [6, 6.07) is 6.66. The topological polar surface area (TPSA) is 69.6 Å². The van der Waals surface area contributed by atoms with Crippen LogP contribution in [0.15, 0.2) is 24.3 Å². The van der Waals surface area contributed by atoms with Crippen molar-refractivity contribution in [3.63, 3.8) is 0 Å². The molecule has 5 nitrogen and oxygen atoms in total. The predicted molar refractivity (Wildman–Crippen MR) is 80.0 cm³/mol. The van der Waals surface area contributed by atoms with Crippen molar-refractivity contribution in [3.05, 3.63) is 35.4 Å². The van der Waals surface area contributed by atoms with Crippen LogP contribution in [-0.4, -0.2) is 41.0 Å². The van der Waals surface area contributed by atoms with E-state index in [1.165, 1.54) is 4.90 Å². The molecule has 1 heterocycles. The summed E-state index contributed by atoms with van der Waals surface area (Å²) < 4.78 is 0. The first-order valence-electron chi connectivity index (χ1n) is 7.38. The van der Waals surface area contributed by atoms with E-state index in [0.717, 1.165) is 17.7 Å². The molecule has 1 aromatic rings. The number of benzene rings is 1. The summed E-state index contributed by atoms with van der Waals surface area (Å²) in [7, 11) is 0. The molecule has 2 rings (SSSR count). The van der Waals surface area contributed by atoms with E-state index < -0.39 is 12.0 Å². The first-order chi connectivity index (χ1) is 10.0. The highest BCUT2D eigenvalue weighted by Gasteiger charge is 2.35. The lowest BCUT2D eigenvalue weighted by atomic mass is 9.92. The van der Waals surface area contributed by atoms with Gasteiger partial charge in [0.25, 0.3) is 0 Å². The second-order valence-corrected chi connectivity index (χ2v) is 5.44. The quantitative estimate of drug-likeness (QED) is 0.864. The van der Waals surface area contributed by atoms with E-state index >= 15 is 0 Å². The molecule has 2 atom stereocenters. The molecule has 2 N–H and O–H groups in total. The van der Waals surface area contributed by atoms with E-state index in [2.05, 4.69) is 5.32 Å². The lowest BCUT2D eigenvalue weighted by molar-refractivity contribution is -0.151. The fourth-order valence-corrected chi connectivity index (χ4v) is 2.90. The summed E-state index contributed by atoms with van der Waals surface area (Å²) in [5, 5.41) is 12.7. The Hall–Kier alpha value is -1.88. The zero-order valence-corrected chi connectivity index (χ0v) is 12.5. The first kappa shape index (κ1) is 15.5. The molecule has 0 spiro atoms. The maximum absolute atomic E-state index is 12.4. The van der Waals surface area contributed by atoms with E-state index in [9.17, 15) is 14.7 Å². The largest absolute Gasteiger partial charge is 0.479 e. The van der Waals surface area contributed by atoms with Crippen LogP contribution in [0.3, 0.4) is 0 Å². The summed E-state index contributed by atoms with van der Waals surface area (Å²) >= 11 is 0. The van der Waals surface area contributed by atoms with Crippen LogP contribution in [0.25, 0.3) is 0 Å². The predicted octanol–water partition coefficient (Wildman–Crippen LogP) is 1.59. The SMILES string of the molecule is CCNC(C)CC(=O)N1CCc2ccccc2C1C(=O)O. The van der Waals surface area contributed by atoms with Gasteiger partial charge in [-0.05, 0) is 31.0 Å². The molecule has 1 aliphatic heterocycles. The minimum absolute atomic E-state index is 0.0501. The number of carboxylic acid groups (broad SMARTS) is 1. The molecule has 5 heteroatoms. The third-order valence-electron chi connectivity index (χ3n) is 3.87. The molecule has 2 unspecified atom stereocenters. The average molecular weight is 290 g/mol. The molecule has 0 bridgehead atoms. The second-order valence-electron chi connectivity index (χ2n) is 5.44. The van der Waals surface area contributed by atoms with Gasteiger partial charge in [0.05, 0.1) is 0 Å². The van der Waals surface area contributed by atoms with Crippen molar-refractivity contribution in [2.24, 2.45) is 0 Å². The zero-order valence-electron chi connectivity index (χ0n) is 12.5. The highest BCUT2D eigenvalue weighted by molar-refractivity contribution is 5.85. The number of aliphatic carboxylic acids is 1. The lowest BCUT2D eigenvalue weighted by Crippen LogP contribution is -2.45. The molecular weight excluding hydrogens is 268 g/mol. The third kappa shape index (κ3) is 3.42. The van der Waals surface area contributed by atoms with E-state index in [0.29, 0.717) is 19.4 Å². The van der Waals surface area contributed by atoms with Crippen LogP contribution in [0.1, 0.15) is 37.4 Å². The van der Waals surface area contributed by atoms with Gasteiger partial charge in [-0.15, -0.1) is 0 Å². The maximum atomic E-state index is 12.4. The number of carbonyl (C=O) groups excluding carboxylic acids is 1. The zero-order chi connectivity index (χ0) is 15.4. The van der Waals surface area contributed by atoms with Crippen molar-refractivity contribution in [1.82, 2.24) is 10.2 Å². The Labute approximate surface area is 125 Å². The number of hydrogen-bond donors (Lipinski definition) is 2. The van der Waals surface area contributed by atoms with Crippen LogP contribution in [0, 0.1) is 0 Å². The van der Waals surface area contributed by atoms with Crippen molar-refractivity contribution < 1.29 is 14.7 Å². The summed E-state index contributed by atoms with van der Waals surface area (Å²) in [5.74, 6) is -1.07. The van der Waals surface area contributed by atoms with Crippen LogP contribution in [0.5, 0.6) is 0 Å². The number of fused-ring (bicyclic) bond motifs is 1. The number of rotatable bonds is 5. The number of nitrogens with one attached hydrogen (secondary N) is 1. The van der Waals surface area contributed by atoms with Crippen molar-refractivity contribution >= 4 is 11.9 Å². The fraction of sp³-hybridized carbons (Fsp3) is 0.500. The van der Waals surface area contributed by atoms with Gasteiger partial charge in [-0.2, -0.15) is 0 Å². The van der Waals surface area contributed by atoms with Crippen LogP contribution in [-0.2, 0) is 16.0 Å². The van der Waals surface area contributed by atoms with Crippen LogP contribution in [0.4, 0.5) is 0 Å². The molecule has 0 fully saturated rings. The number of amides is 1. The molecule has 21 heavy (non-hydrogen) atoms. The summed E-state index contributed by atoms with van der Waals surface area (Å²) in [4.78, 5) is 25.6. The minimum atomic E-state index is -0.966. The van der Waals surface area contributed by atoms with Crippen LogP contribution in [0.2, 0.25) is 0 Å². The Morgan fingerprint density at radius 2 is 2.14 bits per heavy atom. The highest BCUT2D eigenvalue weighted by Crippen LogP contribution is 2.30. The minimum Gasteiger partial charge on any atom is -0.479 e. The number of nitrogens with zero attached hydrogens (tertiary/aromatic N) is 1. The summed E-state index contributed by atoms with van der Waals surface area (Å²) in [5.41, 5.74) is 1.76. The Kier molecular flexibility index (Phi) is 4.96. The Bertz CT molecular complexity index is 530. The average Bonchev–Trinajstić information content (AvgIpc) is 2.45. The molecule has 0 aromatic heterocycles. The summed E-state index contributed by atoms with van der Waals surface area (Å²) in [6.45, 7) is 5.18. The third-order valence-corrected chi connectivity index (χ3v) is 3.87. The van der Waals surface area contributed by atoms with Crippen LogP contribution >= 0.6 is 0 Å².